The van der Waals surface area contributed by atoms with Gasteiger partial charge in [-0.2, -0.15) is 0 Å². The minimum absolute atomic E-state index is 0.288. The molecule has 5 nitrogen and oxygen atoms in total. The van der Waals surface area contributed by atoms with Gasteiger partial charge in [0.2, 0.25) is 5.06 Å². The number of nitrogen functional groups attached to an aromatic ring is 1. The van der Waals surface area contributed by atoms with E-state index in [1.165, 1.54) is 14.0 Å². The predicted molar refractivity (Wildman–Crippen MR) is 48.5 cm³/mol. The summed E-state index contributed by atoms with van der Waals surface area (Å²) in [5.41, 5.74) is 6.00. The molecule has 0 fully saturated rings. The fourth-order valence-corrected chi connectivity index (χ4v) is 1.52. The third kappa shape index (κ3) is 2.67. The molecular weight excluding hydrogens is 192 g/mol. The Kier molecular flexibility index (Phi) is 3.21. The molecule has 0 aliphatic rings. The largest absolute Gasteiger partial charge is 0.413 e. The van der Waals surface area contributed by atoms with Crippen LogP contribution >= 0.6 is 11.3 Å². The molecule has 0 saturated heterocycles. The van der Waals surface area contributed by atoms with E-state index in [2.05, 4.69) is 4.98 Å². The molecule has 0 amide bonds. The van der Waals surface area contributed by atoms with E-state index in [4.69, 9.17) is 15.2 Å². The van der Waals surface area contributed by atoms with Crippen molar-refractivity contribution in [3.05, 3.63) is 5.69 Å². The fraction of sp³-hybridized carbons (Fsp3) is 0.429. The van der Waals surface area contributed by atoms with Crippen molar-refractivity contribution in [2.75, 3.05) is 12.8 Å². The second-order valence-electron chi connectivity index (χ2n) is 2.31. The molecule has 0 spiro atoms. The summed E-state index contributed by atoms with van der Waals surface area (Å²) in [4.78, 5) is 14.6. The van der Waals surface area contributed by atoms with Crippen LogP contribution in [0.2, 0.25) is 0 Å². The summed E-state index contributed by atoms with van der Waals surface area (Å²) in [6, 6.07) is 0. The number of hydrogen-bond donors (Lipinski definition) is 1. The average molecular weight is 202 g/mol. The van der Waals surface area contributed by atoms with Crippen molar-refractivity contribution in [1.29, 1.82) is 0 Å². The van der Waals surface area contributed by atoms with Crippen LogP contribution in [0.5, 0.6) is 5.06 Å². The predicted octanol–water partition coefficient (Wildman–Crippen LogP) is 0.797. The Morgan fingerprint density at radius 1 is 1.69 bits per heavy atom. The van der Waals surface area contributed by atoms with E-state index in [1.807, 2.05) is 0 Å². The lowest BCUT2D eigenvalue weighted by Crippen LogP contribution is -2.02. The number of carbonyl (C=O) groups is 1. The summed E-state index contributed by atoms with van der Waals surface area (Å²) in [5.74, 6) is -0.388. The second kappa shape index (κ2) is 4.20. The van der Waals surface area contributed by atoms with Crippen LogP contribution in [0, 0.1) is 0 Å². The van der Waals surface area contributed by atoms with Crippen molar-refractivity contribution < 1.29 is 14.3 Å². The van der Waals surface area contributed by atoms with Gasteiger partial charge >= 0.3 is 5.97 Å². The van der Waals surface area contributed by atoms with Crippen molar-refractivity contribution in [2.24, 2.45) is 0 Å². The molecule has 0 aromatic carbocycles. The van der Waals surface area contributed by atoms with Crippen LogP contribution in [0.1, 0.15) is 12.6 Å². The smallest absolute Gasteiger partial charge is 0.308 e. The van der Waals surface area contributed by atoms with Gasteiger partial charge in [-0.3, -0.25) is 4.79 Å². The molecule has 1 aromatic heterocycles. The third-order valence-corrected chi connectivity index (χ3v) is 2.00. The summed E-state index contributed by atoms with van der Waals surface area (Å²) in [5, 5.41) is 0.773. The number of nitrogens with two attached hydrogens (primary N) is 1. The second-order valence-corrected chi connectivity index (χ2v) is 3.31. The number of carbonyl (C=O) groups excluding carboxylic acids is 1. The highest BCUT2D eigenvalue weighted by atomic mass is 32.1. The first-order valence-corrected chi connectivity index (χ1v) is 4.37. The molecule has 72 valence electrons. The van der Waals surface area contributed by atoms with Gasteiger partial charge in [0.25, 0.3) is 0 Å². The Hall–Kier alpha value is -1.14. The van der Waals surface area contributed by atoms with E-state index in [1.54, 1.807) is 0 Å². The molecule has 2 N–H and O–H groups in total. The number of rotatable bonds is 3. The highest BCUT2D eigenvalue weighted by Gasteiger charge is 2.12. The summed E-state index contributed by atoms with van der Waals surface area (Å²) in [7, 11) is 1.53. The van der Waals surface area contributed by atoms with E-state index in [9.17, 15) is 4.79 Å². The van der Waals surface area contributed by atoms with Crippen LogP contribution < -0.4 is 10.5 Å². The van der Waals surface area contributed by atoms with Crippen LogP contribution in [0.3, 0.4) is 0 Å². The van der Waals surface area contributed by atoms with E-state index in [0.29, 0.717) is 15.9 Å². The first-order valence-electron chi connectivity index (χ1n) is 3.56. The molecule has 0 atom stereocenters. The summed E-state index contributed by atoms with van der Waals surface area (Å²) in [6.45, 7) is 1.61. The van der Waals surface area contributed by atoms with Gasteiger partial charge in [-0.15, -0.1) is 0 Å². The lowest BCUT2D eigenvalue weighted by Gasteiger charge is -1.98. The van der Waals surface area contributed by atoms with Gasteiger partial charge in [-0.05, 0) is 0 Å². The fourth-order valence-electron chi connectivity index (χ4n) is 0.794. The van der Waals surface area contributed by atoms with Crippen molar-refractivity contribution in [3.8, 4) is 5.06 Å². The normalized spacial score (nSPS) is 10.0. The zero-order valence-corrected chi connectivity index (χ0v) is 8.18. The first-order chi connectivity index (χ1) is 6.13. The molecule has 1 aromatic rings. The molecule has 0 unspecified atom stereocenters. The number of hydrogen-bond acceptors (Lipinski definition) is 6. The maximum atomic E-state index is 10.7. The van der Waals surface area contributed by atoms with Crippen molar-refractivity contribution in [1.82, 2.24) is 4.98 Å². The Labute approximate surface area is 79.5 Å². The lowest BCUT2D eigenvalue weighted by atomic mass is 10.5. The number of ether oxygens (including phenoxy) is 2. The van der Waals surface area contributed by atoms with E-state index in [0.717, 1.165) is 11.3 Å². The van der Waals surface area contributed by atoms with Gasteiger partial charge in [0.15, 0.2) is 5.13 Å². The molecule has 1 rings (SSSR count). The Morgan fingerprint density at radius 3 is 2.92 bits per heavy atom. The Morgan fingerprint density at radius 2 is 2.38 bits per heavy atom. The number of nitrogens with zero attached hydrogens (tertiary/aromatic N) is 1. The zero-order valence-electron chi connectivity index (χ0n) is 7.36. The van der Waals surface area contributed by atoms with Crippen LogP contribution in [0.15, 0.2) is 0 Å². The minimum Gasteiger partial charge on any atom is -0.413 e. The topological polar surface area (TPSA) is 74.4 Å². The van der Waals surface area contributed by atoms with Crippen molar-refractivity contribution in [2.45, 2.75) is 13.5 Å². The molecule has 0 aliphatic heterocycles. The Balaban J connectivity index is 2.83. The molecule has 0 aliphatic carbocycles. The SMILES string of the molecule is COCc1nc(N)sc1OC(C)=O. The summed E-state index contributed by atoms with van der Waals surface area (Å²) in [6.07, 6.45) is 0. The standard InChI is InChI=1S/C7H10N2O3S/c1-4(10)12-6-5(3-11-2)9-7(8)13-6/h3H2,1-2H3,(H2,8,9). The van der Waals surface area contributed by atoms with Gasteiger partial charge in [0.05, 0.1) is 6.61 Å². The van der Waals surface area contributed by atoms with Crippen molar-refractivity contribution >= 4 is 22.4 Å². The molecular formula is C7H10N2O3S. The number of thiazole rings is 1. The summed E-state index contributed by atoms with van der Waals surface area (Å²) < 4.78 is 9.74. The van der Waals surface area contributed by atoms with E-state index >= 15 is 0 Å². The average Bonchev–Trinajstić information content (AvgIpc) is 2.31. The lowest BCUT2D eigenvalue weighted by molar-refractivity contribution is -0.131. The summed E-state index contributed by atoms with van der Waals surface area (Å²) >= 11 is 1.13. The molecule has 1 heterocycles. The molecule has 13 heavy (non-hydrogen) atoms. The third-order valence-electron chi connectivity index (χ3n) is 1.20. The first kappa shape index (κ1) is 9.94. The van der Waals surface area contributed by atoms with Gasteiger partial charge in [-0.25, -0.2) is 4.98 Å². The van der Waals surface area contributed by atoms with Crippen LogP contribution in [-0.4, -0.2) is 18.1 Å². The Bertz CT molecular complexity index is 311. The van der Waals surface area contributed by atoms with Crippen molar-refractivity contribution in [3.63, 3.8) is 0 Å². The van der Waals surface area contributed by atoms with Crippen LogP contribution in [0.4, 0.5) is 5.13 Å². The number of aromatic nitrogens is 1. The number of methoxy groups -OCH3 is 1. The van der Waals surface area contributed by atoms with Gasteiger partial charge in [0, 0.05) is 14.0 Å². The quantitative estimate of drug-likeness (QED) is 0.734. The molecule has 6 heteroatoms. The van der Waals surface area contributed by atoms with Crippen LogP contribution in [0.25, 0.3) is 0 Å². The van der Waals surface area contributed by atoms with Gasteiger partial charge < -0.3 is 15.2 Å². The highest BCUT2D eigenvalue weighted by molar-refractivity contribution is 7.17. The maximum absolute atomic E-state index is 10.7. The monoisotopic (exact) mass is 202 g/mol. The van der Waals surface area contributed by atoms with Gasteiger partial charge in [-0.1, -0.05) is 11.3 Å². The molecule has 0 bridgehead atoms. The van der Waals surface area contributed by atoms with E-state index < -0.39 is 0 Å². The molecule has 0 radical (unpaired) electrons. The zero-order chi connectivity index (χ0) is 9.84. The highest BCUT2D eigenvalue weighted by Crippen LogP contribution is 2.29. The van der Waals surface area contributed by atoms with Crippen LogP contribution in [-0.2, 0) is 16.1 Å². The van der Waals surface area contributed by atoms with Gasteiger partial charge in [0.1, 0.15) is 5.69 Å². The number of esters is 1. The number of anilines is 1. The minimum atomic E-state index is -0.388. The maximum Gasteiger partial charge on any atom is 0.308 e. The van der Waals surface area contributed by atoms with E-state index in [-0.39, 0.29) is 12.6 Å². The molecule has 0 saturated carbocycles.